The Bertz CT molecular complexity index is 608. The van der Waals surface area contributed by atoms with Crippen LogP contribution in [0, 0.1) is 6.92 Å². The van der Waals surface area contributed by atoms with E-state index in [2.05, 4.69) is 20.9 Å². The highest BCUT2D eigenvalue weighted by Crippen LogP contribution is 2.27. The second-order valence-corrected chi connectivity index (χ2v) is 6.23. The molecule has 0 saturated heterocycles. The van der Waals surface area contributed by atoms with E-state index in [0.29, 0.717) is 5.56 Å². The van der Waals surface area contributed by atoms with Crippen molar-refractivity contribution in [1.29, 1.82) is 0 Å². The van der Waals surface area contributed by atoms with Crippen molar-refractivity contribution in [3.63, 3.8) is 0 Å². The number of hydrogen-bond donors (Lipinski definition) is 1. The third kappa shape index (κ3) is 2.58. The Kier molecular flexibility index (Phi) is 3.23. The van der Waals surface area contributed by atoms with E-state index in [4.69, 9.17) is 4.74 Å². The van der Waals surface area contributed by atoms with Crippen LogP contribution < -0.4 is 0 Å². The summed E-state index contributed by atoms with van der Waals surface area (Å²) in [5.74, 6) is -0.288. The average Bonchev–Trinajstić information content (AvgIpc) is 2.50. The first-order valence-corrected chi connectivity index (χ1v) is 6.58. The topological polar surface area (TPSA) is 42.1 Å². The zero-order valence-electron chi connectivity index (χ0n) is 10.9. The van der Waals surface area contributed by atoms with Crippen LogP contribution in [0.5, 0.6) is 0 Å². The smallest absolute Gasteiger partial charge is 0.341 e. The number of fused-ring (bicyclic) bond motifs is 1. The van der Waals surface area contributed by atoms with Gasteiger partial charge < -0.3 is 9.72 Å². The Labute approximate surface area is 115 Å². The van der Waals surface area contributed by atoms with E-state index in [-0.39, 0.29) is 5.97 Å². The number of benzene rings is 1. The molecule has 0 aliphatic rings. The van der Waals surface area contributed by atoms with E-state index in [0.717, 1.165) is 21.1 Å². The minimum Gasteiger partial charge on any atom is -0.456 e. The van der Waals surface area contributed by atoms with Gasteiger partial charge in [0.25, 0.3) is 0 Å². The molecule has 4 heteroatoms. The van der Waals surface area contributed by atoms with E-state index in [1.807, 2.05) is 45.9 Å². The predicted molar refractivity (Wildman–Crippen MR) is 75.9 cm³/mol. The number of carbonyl (C=O) groups excluding carboxylic acids is 1. The second kappa shape index (κ2) is 4.43. The number of H-pyrrole nitrogens is 1. The monoisotopic (exact) mass is 309 g/mol. The molecule has 3 nitrogen and oxygen atoms in total. The molecule has 0 radical (unpaired) electrons. The molecule has 0 bridgehead atoms. The first-order valence-electron chi connectivity index (χ1n) is 5.79. The van der Waals surface area contributed by atoms with Crippen LogP contribution in [-0.4, -0.2) is 16.6 Å². The summed E-state index contributed by atoms with van der Waals surface area (Å²) in [6.45, 7) is 7.48. The lowest BCUT2D eigenvalue weighted by Crippen LogP contribution is -2.24. The van der Waals surface area contributed by atoms with Gasteiger partial charge in [-0.05, 0) is 45.9 Å². The zero-order chi connectivity index (χ0) is 13.5. The van der Waals surface area contributed by atoms with E-state index in [1.54, 1.807) is 0 Å². The lowest BCUT2D eigenvalue weighted by atomic mass is 10.1. The van der Waals surface area contributed by atoms with Crippen LogP contribution in [0.3, 0.4) is 0 Å². The SMILES string of the molecule is Cc1[nH]c2ccc(Br)cc2c1C(=O)OC(C)(C)C. The number of aryl methyl sites for hydroxylation is 1. The van der Waals surface area contributed by atoms with Gasteiger partial charge in [-0.3, -0.25) is 0 Å². The van der Waals surface area contributed by atoms with E-state index < -0.39 is 5.60 Å². The van der Waals surface area contributed by atoms with Gasteiger partial charge in [0.2, 0.25) is 0 Å². The number of carbonyl (C=O) groups is 1. The minimum atomic E-state index is -0.487. The number of esters is 1. The summed E-state index contributed by atoms with van der Waals surface area (Å²) in [7, 11) is 0. The summed E-state index contributed by atoms with van der Waals surface area (Å²) >= 11 is 3.42. The molecule has 0 saturated carbocycles. The van der Waals surface area contributed by atoms with Gasteiger partial charge in [0.15, 0.2) is 0 Å². The Hall–Kier alpha value is -1.29. The van der Waals surface area contributed by atoms with Gasteiger partial charge in [-0.2, -0.15) is 0 Å². The highest BCUT2D eigenvalue weighted by molar-refractivity contribution is 9.10. The molecule has 0 aliphatic heterocycles. The van der Waals surface area contributed by atoms with E-state index in [9.17, 15) is 4.79 Å². The number of halogens is 1. The number of aromatic nitrogens is 1. The highest BCUT2D eigenvalue weighted by atomic mass is 79.9. The maximum atomic E-state index is 12.2. The fourth-order valence-corrected chi connectivity index (χ4v) is 2.25. The Morgan fingerprint density at radius 2 is 2.00 bits per heavy atom. The van der Waals surface area contributed by atoms with Crippen LogP contribution in [0.2, 0.25) is 0 Å². The van der Waals surface area contributed by atoms with Crippen molar-refractivity contribution in [3.05, 3.63) is 33.9 Å². The minimum absolute atomic E-state index is 0.288. The summed E-state index contributed by atoms with van der Waals surface area (Å²) < 4.78 is 6.38. The summed E-state index contributed by atoms with van der Waals surface area (Å²) in [6.07, 6.45) is 0. The van der Waals surface area contributed by atoms with Crippen LogP contribution >= 0.6 is 15.9 Å². The van der Waals surface area contributed by atoms with Gasteiger partial charge in [-0.1, -0.05) is 15.9 Å². The Morgan fingerprint density at radius 3 is 2.61 bits per heavy atom. The average molecular weight is 310 g/mol. The van der Waals surface area contributed by atoms with Gasteiger partial charge in [0, 0.05) is 21.1 Å². The lowest BCUT2D eigenvalue weighted by Gasteiger charge is -2.19. The number of rotatable bonds is 1. The maximum absolute atomic E-state index is 12.2. The third-order valence-corrected chi connectivity index (χ3v) is 3.04. The number of ether oxygens (including phenoxy) is 1. The molecule has 2 aromatic rings. The normalized spacial score (nSPS) is 11.8. The van der Waals surface area contributed by atoms with Crippen molar-refractivity contribution in [2.75, 3.05) is 0 Å². The largest absolute Gasteiger partial charge is 0.456 e. The molecule has 0 atom stereocenters. The molecule has 18 heavy (non-hydrogen) atoms. The van der Waals surface area contributed by atoms with Crippen molar-refractivity contribution < 1.29 is 9.53 Å². The van der Waals surface area contributed by atoms with Crippen LogP contribution in [0.1, 0.15) is 36.8 Å². The molecule has 2 rings (SSSR count). The predicted octanol–water partition coefficient (Wildman–Crippen LogP) is 4.19. The quantitative estimate of drug-likeness (QED) is 0.802. The molecule has 0 spiro atoms. The van der Waals surface area contributed by atoms with Gasteiger partial charge in [0.1, 0.15) is 5.60 Å². The summed E-state index contributed by atoms with van der Waals surface area (Å²) in [4.78, 5) is 15.4. The molecule has 1 N–H and O–H groups in total. The fourth-order valence-electron chi connectivity index (χ4n) is 1.89. The fraction of sp³-hybridized carbons (Fsp3) is 0.357. The summed E-state index contributed by atoms with van der Waals surface area (Å²) in [5, 5.41) is 0.885. The number of nitrogens with one attached hydrogen (secondary N) is 1. The molecule has 1 aromatic heterocycles. The molecule has 96 valence electrons. The number of hydrogen-bond acceptors (Lipinski definition) is 2. The van der Waals surface area contributed by atoms with Gasteiger partial charge in [-0.15, -0.1) is 0 Å². The van der Waals surface area contributed by atoms with Crippen molar-refractivity contribution >= 4 is 32.8 Å². The van der Waals surface area contributed by atoms with Crippen LogP contribution in [0.15, 0.2) is 22.7 Å². The maximum Gasteiger partial charge on any atom is 0.341 e. The van der Waals surface area contributed by atoms with Crippen LogP contribution in [-0.2, 0) is 4.74 Å². The first-order chi connectivity index (χ1) is 8.28. The van der Waals surface area contributed by atoms with Gasteiger partial charge >= 0.3 is 5.97 Å². The van der Waals surface area contributed by atoms with E-state index >= 15 is 0 Å². The van der Waals surface area contributed by atoms with Crippen molar-refractivity contribution in [2.45, 2.75) is 33.3 Å². The Morgan fingerprint density at radius 1 is 1.33 bits per heavy atom. The molecule has 0 amide bonds. The summed E-state index contributed by atoms with van der Waals surface area (Å²) in [6, 6.07) is 5.81. The molecular weight excluding hydrogens is 294 g/mol. The third-order valence-electron chi connectivity index (χ3n) is 2.55. The van der Waals surface area contributed by atoms with Crippen LogP contribution in [0.4, 0.5) is 0 Å². The lowest BCUT2D eigenvalue weighted by molar-refractivity contribution is 0.00711. The van der Waals surface area contributed by atoms with Crippen molar-refractivity contribution in [2.24, 2.45) is 0 Å². The van der Waals surface area contributed by atoms with E-state index in [1.165, 1.54) is 0 Å². The molecule has 1 aromatic carbocycles. The highest BCUT2D eigenvalue weighted by Gasteiger charge is 2.22. The van der Waals surface area contributed by atoms with Gasteiger partial charge in [-0.25, -0.2) is 4.79 Å². The second-order valence-electron chi connectivity index (χ2n) is 5.32. The molecule has 1 heterocycles. The van der Waals surface area contributed by atoms with Crippen molar-refractivity contribution in [1.82, 2.24) is 4.98 Å². The first kappa shape index (κ1) is 13.1. The molecule has 0 unspecified atom stereocenters. The zero-order valence-corrected chi connectivity index (χ0v) is 12.5. The van der Waals surface area contributed by atoms with Crippen LogP contribution in [0.25, 0.3) is 10.9 Å². The Balaban J connectivity index is 2.53. The molecular formula is C14H16BrNO2. The van der Waals surface area contributed by atoms with Gasteiger partial charge in [0.05, 0.1) is 5.56 Å². The summed E-state index contributed by atoms with van der Waals surface area (Å²) in [5.41, 5.74) is 1.90. The molecule has 0 aliphatic carbocycles. The number of aromatic amines is 1. The van der Waals surface area contributed by atoms with Crippen molar-refractivity contribution in [3.8, 4) is 0 Å². The standard InChI is InChI=1S/C14H16BrNO2/c1-8-12(13(17)18-14(2,3)4)10-7-9(15)5-6-11(10)16-8/h5-7,16H,1-4H3. The molecule has 0 fully saturated rings.